The van der Waals surface area contributed by atoms with Gasteiger partial charge in [0.15, 0.2) is 21.3 Å². The van der Waals surface area contributed by atoms with Crippen molar-refractivity contribution in [3.8, 4) is 11.5 Å². The fourth-order valence-electron chi connectivity index (χ4n) is 1.68. The van der Waals surface area contributed by atoms with Gasteiger partial charge in [0.2, 0.25) is 0 Å². The Kier molecular flexibility index (Phi) is 5.82. The molecule has 1 aromatic carbocycles. The van der Waals surface area contributed by atoms with Crippen LogP contribution in [0.25, 0.3) is 0 Å². The highest BCUT2D eigenvalue weighted by atomic mass is 32.2. The van der Waals surface area contributed by atoms with E-state index < -0.39 is 15.8 Å². The van der Waals surface area contributed by atoms with E-state index in [4.69, 9.17) is 14.6 Å². The molecule has 0 heterocycles. The fourth-order valence-corrected chi connectivity index (χ4v) is 2.84. The second kappa shape index (κ2) is 7.14. The Morgan fingerprint density at radius 3 is 2.55 bits per heavy atom. The summed E-state index contributed by atoms with van der Waals surface area (Å²) in [5.41, 5.74) is -0.0581. The van der Waals surface area contributed by atoms with Crippen molar-refractivity contribution in [1.29, 1.82) is 0 Å². The number of aromatic carboxylic acids is 1. The summed E-state index contributed by atoms with van der Waals surface area (Å²) in [5.74, 6) is -0.909. The summed E-state index contributed by atoms with van der Waals surface area (Å²) >= 11 is 0. The number of rotatable bonds is 8. The molecule has 1 aromatic rings. The molecule has 1 N–H and O–H groups in total. The lowest BCUT2D eigenvalue weighted by molar-refractivity contribution is 0.0691. The van der Waals surface area contributed by atoms with Crippen LogP contribution in [0.1, 0.15) is 23.7 Å². The smallest absolute Gasteiger partial charge is 0.339 e. The van der Waals surface area contributed by atoms with Crippen molar-refractivity contribution in [2.75, 3.05) is 25.2 Å². The zero-order chi connectivity index (χ0) is 15.2. The fraction of sp³-hybridized carbons (Fsp3) is 0.462. The number of ether oxygens (including phenoxy) is 2. The second-order valence-electron chi connectivity index (χ2n) is 4.14. The van der Waals surface area contributed by atoms with E-state index in [1.54, 1.807) is 13.0 Å². The first kappa shape index (κ1) is 16.3. The predicted molar refractivity (Wildman–Crippen MR) is 74.4 cm³/mol. The number of carbonyl (C=O) groups is 1. The monoisotopic (exact) mass is 302 g/mol. The lowest BCUT2D eigenvalue weighted by Crippen LogP contribution is -2.17. The minimum atomic E-state index is -3.17. The molecule has 20 heavy (non-hydrogen) atoms. The Hall–Kier alpha value is -1.76. The van der Waals surface area contributed by atoms with E-state index in [1.807, 2.05) is 0 Å². The molecule has 0 bridgehead atoms. The Morgan fingerprint density at radius 2 is 2.00 bits per heavy atom. The van der Waals surface area contributed by atoms with E-state index in [1.165, 1.54) is 19.2 Å². The number of hydrogen-bond acceptors (Lipinski definition) is 5. The van der Waals surface area contributed by atoms with Gasteiger partial charge in [0.05, 0.1) is 18.6 Å². The van der Waals surface area contributed by atoms with Crippen molar-refractivity contribution >= 4 is 15.8 Å². The average Bonchev–Trinajstić information content (AvgIpc) is 2.38. The first-order chi connectivity index (χ1) is 9.41. The second-order valence-corrected chi connectivity index (χ2v) is 6.45. The van der Waals surface area contributed by atoms with Crippen molar-refractivity contribution in [1.82, 2.24) is 0 Å². The van der Waals surface area contributed by atoms with Crippen LogP contribution in [0, 0.1) is 0 Å². The zero-order valence-electron chi connectivity index (χ0n) is 11.5. The highest BCUT2D eigenvalue weighted by molar-refractivity contribution is 7.91. The van der Waals surface area contributed by atoms with Crippen molar-refractivity contribution in [3.63, 3.8) is 0 Å². The van der Waals surface area contributed by atoms with Crippen molar-refractivity contribution in [2.24, 2.45) is 0 Å². The number of hydrogen-bond donors (Lipinski definition) is 1. The number of carboxylic acid groups (broad SMARTS) is 1. The van der Waals surface area contributed by atoms with Gasteiger partial charge in [0.1, 0.15) is 12.2 Å². The lowest BCUT2D eigenvalue weighted by atomic mass is 10.2. The Labute approximate surface area is 118 Å². The molecule has 0 unspecified atom stereocenters. The van der Waals surface area contributed by atoms with Gasteiger partial charge in [-0.1, -0.05) is 13.0 Å². The normalized spacial score (nSPS) is 11.1. The molecule has 0 amide bonds. The van der Waals surface area contributed by atoms with E-state index in [2.05, 4.69) is 0 Å². The Balaban J connectivity index is 2.84. The van der Waals surface area contributed by atoms with E-state index >= 15 is 0 Å². The molecule has 112 valence electrons. The van der Waals surface area contributed by atoms with E-state index in [0.717, 1.165) is 0 Å². The molecule has 0 radical (unpaired) electrons. The van der Waals surface area contributed by atoms with Gasteiger partial charge < -0.3 is 14.6 Å². The Bertz CT molecular complexity index is 564. The zero-order valence-corrected chi connectivity index (χ0v) is 12.3. The third-order valence-corrected chi connectivity index (χ3v) is 4.40. The van der Waals surface area contributed by atoms with Gasteiger partial charge in [-0.3, -0.25) is 0 Å². The molecule has 0 aliphatic heterocycles. The summed E-state index contributed by atoms with van der Waals surface area (Å²) in [6.45, 7) is 1.67. The summed E-state index contributed by atoms with van der Waals surface area (Å²) in [6.07, 6.45) is 0.539. The van der Waals surface area contributed by atoms with Gasteiger partial charge in [-0.05, 0) is 18.6 Å². The molecule has 7 heteroatoms. The van der Waals surface area contributed by atoms with Crippen LogP contribution in [0.5, 0.6) is 11.5 Å². The summed E-state index contributed by atoms with van der Waals surface area (Å²) in [4.78, 5) is 11.1. The molecule has 6 nitrogen and oxygen atoms in total. The maximum atomic E-state index is 11.6. The first-order valence-electron chi connectivity index (χ1n) is 6.14. The van der Waals surface area contributed by atoms with Crippen LogP contribution >= 0.6 is 0 Å². The number of methoxy groups -OCH3 is 1. The minimum absolute atomic E-state index is 0.0502. The van der Waals surface area contributed by atoms with Crippen LogP contribution in [0.15, 0.2) is 18.2 Å². The van der Waals surface area contributed by atoms with Gasteiger partial charge in [0, 0.05) is 0 Å². The molecular weight excluding hydrogens is 284 g/mol. The van der Waals surface area contributed by atoms with Crippen LogP contribution < -0.4 is 9.47 Å². The molecular formula is C13H18O6S. The van der Waals surface area contributed by atoms with Gasteiger partial charge in [0.25, 0.3) is 0 Å². The van der Waals surface area contributed by atoms with E-state index in [9.17, 15) is 13.2 Å². The maximum absolute atomic E-state index is 11.6. The summed E-state index contributed by atoms with van der Waals surface area (Å²) < 4.78 is 33.5. The summed E-state index contributed by atoms with van der Waals surface area (Å²) in [7, 11) is -1.78. The molecule has 0 aliphatic rings. The number of carboxylic acids is 1. The number of sulfone groups is 1. The van der Waals surface area contributed by atoms with E-state index in [0.29, 0.717) is 6.42 Å². The largest absolute Gasteiger partial charge is 0.493 e. The third kappa shape index (κ3) is 4.41. The van der Waals surface area contributed by atoms with Crippen LogP contribution in [0.4, 0.5) is 0 Å². The Morgan fingerprint density at radius 1 is 1.30 bits per heavy atom. The van der Waals surface area contributed by atoms with Crippen molar-refractivity contribution in [3.05, 3.63) is 23.8 Å². The molecule has 0 spiro atoms. The van der Waals surface area contributed by atoms with Crippen molar-refractivity contribution < 1.29 is 27.8 Å². The van der Waals surface area contributed by atoms with Crippen LogP contribution in [-0.4, -0.2) is 44.7 Å². The summed E-state index contributed by atoms with van der Waals surface area (Å²) in [6, 6.07) is 4.46. The number of para-hydroxylation sites is 1. The van der Waals surface area contributed by atoms with Crippen LogP contribution in [-0.2, 0) is 9.84 Å². The lowest BCUT2D eigenvalue weighted by Gasteiger charge is -2.13. The standard InChI is InChI=1S/C13H18O6S/c1-3-8-20(16,17)9-7-19-12-10(13(14)15)5-4-6-11(12)18-2/h4-6H,3,7-9H2,1-2H3,(H,14,15). The highest BCUT2D eigenvalue weighted by Crippen LogP contribution is 2.31. The number of benzene rings is 1. The molecule has 0 saturated carbocycles. The van der Waals surface area contributed by atoms with Gasteiger partial charge in [-0.25, -0.2) is 13.2 Å². The maximum Gasteiger partial charge on any atom is 0.339 e. The van der Waals surface area contributed by atoms with Gasteiger partial charge in [-0.15, -0.1) is 0 Å². The van der Waals surface area contributed by atoms with Gasteiger partial charge >= 0.3 is 5.97 Å². The topological polar surface area (TPSA) is 89.9 Å². The SMILES string of the molecule is CCCS(=O)(=O)CCOc1c(OC)cccc1C(=O)O. The quantitative estimate of drug-likeness (QED) is 0.784. The average molecular weight is 302 g/mol. The third-order valence-electron chi connectivity index (χ3n) is 2.59. The summed E-state index contributed by atoms with van der Waals surface area (Å²) in [5, 5.41) is 9.08. The molecule has 0 atom stereocenters. The molecule has 0 fully saturated rings. The molecule has 0 aromatic heterocycles. The highest BCUT2D eigenvalue weighted by Gasteiger charge is 2.17. The molecule has 1 rings (SSSR count). The minimum Gasteiger partial charge on any atom is -0.493 e. The van der Waals surface area contributed by atoms with Crippen LogP contribution in [0.3, 0.4) is 0 Å². The van der Waals surface area contributed by atoms with Crippen molar-refractivity contribution in [2.45, 2.75) is 13.3 Å². The predicted octanol–water partition coefficient (Wildman–Crippen LogP) is 1.60. The first-order valence-corrected chi connectivity index (χ1v) is 7.97. The van der Waals surface area contributed by atoms with Gasteiger partial charge in [-0.2, -0.15) is 0 Å². The van der Waals surface area contributed by atoms with Crippen LogP contribution in [0.2, 0.25) is 0 Å². The van der Waals surface area contributed by atoms with E-state index in [-0.39, 0.29) is 35.2 Å². The molecule has 0 aliphatic carbocycles. The molecule has 0 saturated heterocycles.